The van der Waals surface area contributed by atoms with Crippen LogP contribution in [0, 0.1) is 5.92 Å². The van der Waals surface area contributed by atoms with Gasteiger partial charge in [-0.3, -0.25) is 9.59 Å². The number of nitrogens with one attached hydrogen (secondary N) is 1. The van der Waals surface area contributed by atoms with Crippen LogP contribution in [0.25, 0.3) is 10.6 Å². The number of rotatable bonds is 5. The second-order valence-corrected chi connectivity index (χ2v) is 7.32. The molecule has 1 unspecified atom stereocenters. The number of para-hydroxylation sites is 2. The average molecular weight is 394 g/mol. The Morgan fingerprint density at radius 3 is 2.68 bits per heavy atom. The summed E-state index contributed by atoms with van der Waals surface area (Å²) in [7, 11) is 1.56. The summed E-state index contributed by atoms with van der Waals surface area (Å²) >= 11 is 1.30. The van der Waals surface area contributed by atoms with Crippen molar-refractivity contribution in [3.8, 4) is 16.3 Å². The van der Waals surface area contributed by atoms with Crippen molar-refractivity contribution in [2.24, 2.45) is 5.92 Å². The molecule has 1 saturated heterocycles. The topological polar surface area (TPSA) is 84.4 Å². The maximum Gasteiger partial charge on any atom is 0.231 e. The monoisotopic (exact) mass is 394 g/mol. The van der Waals surface area contributed by atoms with E-state index in [-0.39, 0.29) is 18.2 Å². The molecule has 0 saturated carbocycles. The van der Waals surface area contributed by atoms with E-state index in [0.29, 0.717) is 23.1 Å². The molecule has 7 nitrogen and oxygen atoms in total. The quantitative estimate of drug-likeness (QED) is 0.718. The van der Waals surface area contributed by atoms with Gasteiger partial charge < -0.3 is 15.0 Å². The first-order valence-electron chi connectivity index (χ1n) is 8.79. The number of benzene rings is 2. The first kappa shape index (κ1) is 18.1. The number of amides is 2. The average Bonchev–Trinajstić information content (AvgIpc) is 3.35. The number of hydrogen-bond donors (Lipinski definition) is 1. The van der Waals surface area contributed by atoms with E-state index < -0.39 is 5.92 Å². The van der Waals surface area contributed by atoms with Crippen LogP contribution in [0.2, 0.25) is 0 Å². The number of ether oxygens (including phenoxy) is 1. The predicted octanol–water partition coefficient (Wildman–Crippen LogP) is 3.21. The molecular weight excluding hydrogens is 376 g/mol. The molecule has 0 aliphatic carbocycles. The van der Waals surface area contributed by atoms with Crippen molar-refractivity contribution in [1.29, 1.82) is 0 Å². The minimum atomic E-state index is -0.457. The number of aromatic nitrogens is 2. The third-order valence-corrected chi connectivity index (χ3v) is 5.44. The highest BCUT2D eigenvalue weighted by Crippen LogP contribution is 2.33. The van der Waals surface area contributed by atoms with Gasteiger partial charge in [-0.2, -0.15) is 0 Å². The molecule has 4 rings (SSSR count). The molecule has 3 aromatic rings. The number of carbonyl (C=O) groups excluding carboxylic acids is 2. The summed E-state index contributed by atoms with van der Waals surface area (Å²) in [4.78, 5) is 26.7. The third-order valence-electron chi connectivity index (χ3n) is 4.55. The molecule has 2 amide bonds. The zero-order valence-electron chi connectivity index (χ0n) is 15.2. The first-order valence-corrected chi connectivity index (χ1v) is 9.60. The number of anilines is 2. The molecule has 1 fully saturated rings. The molecular formula is C20H18N4O3S. The second kappa shape index (κ2) is 7.77. The molecule has 1 aliphatic rings. The molecule has 1 aromatic heterocycles. The lowest BCUT2D eigenvalue weighted by atomic mass is 10.1. The number of nitrogens with zero attached hydrogens (tertiary/aromatic N) is 3. The molecule has 28 heavy (non-hydrogen) atoms. The lowest BCUT2D eigenvalue weighted by Gasteiger charge is -2.19. The van der Waals surface area contributed by atoms with Gasteiger partial charge in [0.25, 0.3) is 0 Å². The fourth-order valence-electron chi connectivity index (χ4n) is 3.15. The fourth-order valence-corrected chi connectivity index (χ4v) is 3.90. The molecule has 0 radical (unpaired) electrons. The zero-order valence-corrected chi connectivity index (χ0v) is 16.0. The fraction of sp³-hybridized carbons (Fsp3) is 0.200. The Bertz CT molecular complexity index is 1010. The molecule has 0 spiro atoms. The Kier molecular flexibility index (Phi) is 5.03. The van der Waals surface area contributed by atoms with Crippen molar-refractivity contribution >= 4 is 34.0 Å². The van der Waals surface area contributed by atoms with Crippen molar-refractivity contribution in [2.75, 3.05) is 23.9 Å². The molecule has 1 atom stereocenters. The molecule has 142 valence electrons. The number of methoxy groups -OCH3 is 1. The summed E-state index contributed by atoms with van der Waals surface area (Å²) in [6, 6.07) is 16.9. The van der Waals surface area contributed by atoms with Crippen LogP contribution in [0.4, 0.5) is 10.8 Å². The Morgan fingerprint density at radius 1 is 1.14 bits per heavy atom. The standard InChI is InChI=1S/C20H18N4O3S/c1-27-16-10-6-5-9-15(16)24-12-14(11-17(24)25)18(26)21-20-23-22-19(28-20)13-7-3-2-4-8-13/h2-10,14H,11-12H2,1H3,(H,21,23,26). The van der Waals surface area contributed by atoms with Crippen LogP contribution in [0.15, 0.2) is 54.6 Å². The Balaban J connectivity index is 1.45. The largest absolute Gasteiger partial charge is 0.495 e. The van der Waals surface area contributed by atoms with Gasteiger partial charge in [-0.1, -0.05) is 53.8 Å². The second-order valence-electron chi connectivity index (χ2n) is 6.34. The predicted molar refractivity (Wildman–Crippen MR) is 107 cm³/mol. The lowest BCUT2D eigenvalue weighted by Crippen LogP contribution is -2.28. The van der Waals surface area contributed by atoms with Crippen molar-refractivity contribution in [3.63, 3.8) is 0 Å². The van der Waals surface area contributed by atoms with Gasteiger partial charge >= 0.3 is 0 Å². The van der Waals surface area contributed by atoms with Crippen molar-refractivity contribution in [1.82, 2.24) is 10.2 Å². The molecule has 2 aromatic carbocycles. The van der Waals surface area contributed by atoms with Crippen molar-refractivity contribution in [3.05, 3.63) is 54.6 Å². The van der Waals surface area contributed by atoms with Gasteiger partial charge in [0.15, 0.2) is 0 Å². The van der Waals surface area contributed by atoms with E-state index >= 15 is 0 Å². The molecule has 8 heteroatoms. The van der Waals surface area contributed by atoms with Crippen LogP contribution < -0.4 is 15.0 Å². The number of carbonyl (C=O) groups is 2. The summed E-state index contributed by atoms with van der Waals surface area (Å²) in [5.41, 5.74) is 1.62. The van der Waals surface area contributed by atoms with Crippen LogP contribution in [0.1, 0.15) is 6.42 Å². The molecule has 1 aliphatic heterocycles. The van der Waals surface area contributed by atoms with E-state index in [1.54, 1.807) is 18.1 Å². The molecule has 1 N–H and O–H groups in total. The maximum atomic E-state index is 12.7. The van der Waals surface area contributed by atoms with Crippen LogP contribution in [0.5, 0.6) is 5.75 Å². The Hall–Kier alpha value is -3.26. The minimum Gasteiger partial charge on any atom is -0.495 e. The van der Waals surface area contributed by atoms with E-state index in [1.165, 1.54) is 11.3 Å². The highest BCUT2D eigenvalue weighted by atomic mass is 32.1. The highest BCUT2D eigenvalue weighted by molar-refractivity contribution is 7.18. The van der Waals surface area contributed by atoms with E-state index in [2.05, 4.69) is 15.5 Å². The van der Waals surface area contributed by atoms with Gasteiger partial charge in [-0.05, 0) is 12.1 Å². The van der Waals surface area contributed by atoms with Crippen molar-refractivity contribution < 1.29 is 14.3 Å². The third kappa shape index (κ3) is 3.59. The summed E-state index contributed by atoms with van der Waals surface area (Å²) in [5, 5.41) is 12.1. The Labute approximate surface area is 166 Å². The van der Waals surface area contributed by atoms with Gasteiger partial charge in [0.05, 0.1) is 18.7 Å². The van der Waals surface area contributed by atoms with Gasteiger partial charge in [0.2, 0.25) is 16.9 Å². The molecule has 2 heterocycles. The van der Waals surface area contributed by atoms with E-state index in [4.69, 9.17) is 4.74 Å². The van der Waals surface area contributed by atoms with Gasteiger partial charge in [0, 0.05) is 18.5 Å². The maximum absolute atomic E-state index is 12.7. The van der Waals surface area contributed by atoms with Crippen molar-refractivity contribution in [2.45, 2.75) is 6.42 Å². The zero-order chi connectivity index (χ0) is 19.5. The van der Waals surface area contributed by atoms with Gasteiger partial charge in [0.1, 0.15) is 10.8 Å². The number of hydrogen-bond acceptors (Lipinski definition) is 6. The summed E-state index contributed by atoms with van der Waals surface area (Å²) in [5.74, 6) is -0.191. The Morgan fingerprint density at radius 2 is 1.89 bits per heavy atom. The summed E-state index contributed by atoms with van der Waals surface area (Å²) < 4.78 is 5.33. The SMILES string of the molecule is COc1ccccc1N1CC(C(=O)Nc2nnc(-c3ccccc3)s2)CC1=O. The normalized spacial score (nSPS) is 16.2. The van der Waals surface area contributed by atoms with E-state index in [1.807, 2.05) is 48.5 Å². The van der Waals surface area contributed by atoms with Crippen LogP contribution >= 0.6 is 11.3 Å². The summed E-state index contributed by atoms with van der Waals surface area (Å²) in [6.07, 6.45) is 0.147. The van der Waals surface area contributed by atoms with Crippen LogP contribution in [0.3, 0.4) is 0 Å². The van der Waals surface area contributed by atoms with Crippen LogP contribution in [-0.4, -0.2) is 35.7 Å². The first-order chi connectivity index (χ1) is 13.7. The van der Waals surface area contributed by atoms with E-state index in [0.717, 1.165) is 10.6 Å². The summed E-state index contributed by atoms with van der Waals surface area (Å²) in [6.45, 7) is 0.301. The van der Waals surface area contributed by atoms with Crippen LogP contribution in [-0.2, 0) is 9.59 Å². The van der Waals surface area contributed by atoms with Gasteiger partial charge in [-0.15, -0.1) is 10.2 Å². The highest BCUT2D eigenvalue weighted by Gasteiger charge is 2.36. The van der Waals surface area contributed by atoms with E-state index in [9.17, 15) is 9.59 Å². The lowest BCUT2D eigenvalue weighted by molar-refractivity contribution is -0.122. The minimum absolute atomic E-state index is 0.105. The molecule has 0 bridgehead atoms. The smallest absolute Gasteiger partial charge is 0.231 e. The van der Waals surface area contributed by atoms with Gasteiger partial charge in [-0.25, -0.2) is 0 Å².